The number of rotatable bonds is 8. The van der Waals surface area contributed by atoms with Crippen LogP contribution in [-0.4, -0.2) is 40.7 Å². The standard InChI is InChI=1S/C25H25N3O5S/c1-14(11-21(29)26-12-22-28-23(24(30)31)15(2)34-22)27-25(32)33-13-20-18-9-5-3-7-16(18)17-8-4-6-10-19(17)20/h3-10,14,20H,11-13H2,1-2H3,(H,26,29)(H,27,32)(H,30,31)/t14-/m0/s1. The van der Waals surface area contributed by atoms with Crippen molar-refractivity contribution in [3.05, 3.63) is 75.2 Å². The summed E-state index contributed by atoms with van der Waals surface area (Å²) in [7, 11) is 0. The number of aromatic carboxylic acids is 1. The molecule has 1 aromatic heterocycles. The number of fused-ring (bicyclic) bond motifs is 3. The minimum Gasteiger partial charge on any atom is -0.476 e. The van der Waals surface area contributed by atoms with Gasteiger partial charge in [-0.2, -0.15) is 0 Å². The number of carboxylic acids is 1. The van der Waals surface area contributed by atoms with Crippen LogP contribution in [-0.2, 0) is 16.1 Å². The van der Waals surface area contributed by atoms with Crippen molar-refractivity contribution >= 4 is 29.3 Å². The van der Waals surface area contributed by atoms with E-state index in [1.807, 2.05) is 24.3 Å². The molecular formula is C25H25N3O5S. The van der Waals surface area contributed by atoms with Crippen LogP contribution in [0.2, 0.25) is 0 Å². The van der Waals surface area contributed by atoms with Crippen molar-refractivity contribution in [1.82, 2.24) is 15.6 Å². The lowest BCUT2D eigenvalue weighted by Gasteiger charge is -2.17. The summed E-state index contributed by atoms with van der Waals surface area (Å²) < 4.78 is 5.51. The van der Waals surface area contributed by atoms with Crippen molar-refractivity contribution in [1.29, 1.82) is 0 Å². The first-order valence-corrected chi connectivity index (χ1v) is 11.7. The molecule has 0 fully saturated rings. The minimum absolute atomic E-state index is 0.000427. The maximum absolute atomic E-state index is 12.4. The van der Waals surface area contributed by atoms with Gasteiger partial charge in [-0.3, -0.25) is 4.79 Å². The Hall–Kier alpha value is -3.72. The van der Waals surface area contributed by atoms with E-state index in [1.165, 1.54) is 11.3 Å². The van der Waals surface area contributed by atoms with Crippen LogP contribution >= 0.6 is 11.3 Å². The molecule has 1 aliphatic carbocycles. The zero-order chi connectivity index (χ0) is 24.2. The molecule has 4 rings (SSSR count). The van der Waals surface area contributed by atoms with E-state index in [2.05, 4.69) is 39.9 Å². The van der Waals surface area contributed by atoms with Gasteiger partial charge in [-0.15, -0.1) is 11.3 Å². The van der Waals surface area contributed by atoms with E-state index in [4.69, 9.17) is 9.84 Å². The first-order chi connectivity index (χ1) is 16.3. The second-order valence-electron chi connectivity index (χ2n) is 8.17. The van der Waals surface area contributed by atoms with Gasteiger partial charge < -0.3 is 20.5 Å². The molecule has 0 saturated carbocycles. The van der Waals surface area contributed by atoms with Gasteiger partial charge in [0.25, 0.3) is 0 Å². The van der Waals surface area contributed by atoms with Gasteiger partial charge in [0.2, 0.25) is 5.91 Å². The molecule has 1 heterocycles. The highest BCUT2D eigenvalue weighted by atomic mass is 32.1. The molecule has 0 bridgehead atoms. The fourth-order valence-corrected chi connectivity index (χ4v) is 5.01. The van der Waals surface area contributed by atoms with Gasteiger partial charge in [-0.1, -0.05) is 48.5 Å². The van der Waals surface area contributed by atoms with E-state index in [9.17, 15) is 14.4 Å². The lowest BCUT2D eigenvalue weighted by atomic mass is 9.98. The number of alkyl carbamates (subject to hydrolysis) is 1. The molecule has 3 N–H and O–H groups in total. The summed E-state index contributed by atoms with van der Waals surface area (Å²) in [6, 6.07) is 15.8. The molecule has 176 valence electrons. The number of aromatic nitrogens is 1. The molecule has 2 amide bonds. The smallest absolute Gasteiger partial charge is 0.407 e. The molecule has 2 aromatic carbocycles. The van der Waals surface area contributed by atoms with Gasteiger partial charge in [0, 0.05) is 23.3 Å². The van der Waals surface area contributed by atoms with Crippen molar-refractivity contribution in [3.8, 4) is 11.1 Å². The maximum Gasteiger partial charge on any atom is 0.407 e. The van der Waals surface area contributed by atoms with Crippen molar-refractivity contribution in [2.75, 3.05) is 6.61 Å². The number of carbonyl (C=O) groups excluding carboxylic acids is 2. The lowest BCUT2D eigenvalue weighted by molar-refractivity contribution is -0.121. The Balaban J connectivity index is 1.25. The third-order valence-electron chi connectivity index (χ3n) is 5.68. The van der Waals surface area contributed by atoms with Crippen LogP contribution in [0.5, 0.6) is 0 Å². The summed E-state index contributed by atoms with van der Waals surface area (Å²) in [6.45, 7) is 3.73. The molecule has 34 heavy (non-hydrogen) atoms. The van der Waals surface area contributed by atoms with Crippen molar-refractivity contribution in [2.45, 2.75) is 38.8 Å². The summed E-state index contributed by atoms with van der Waals surface area (Å²) in [4.78, 5) is 40.3. The zero-order valence-corrected chi connectivity index (χ0v) is 19.6. The number of thiazole rings is 1. The molecule has 0 unspecified atom stereocenters. The van der Waals surface area contributed by atoms with Gasteiger partial charge in [0.05, 0.1) is 6.54 Å². The van der Waals surface area contributed by atoms with E-state index in [0.29, 0.717) is 9.88 Å². The molecule has 0 radical (unpaired) electrons. The zero-order valence-electron chi connectivity index (χ0n) is 18.8. The van der Waals surface area contributed by atoms with Gasteiger partial charge in [-0.25, -0.2) is 14.6 Å². The third-order valence-corrected chi connectivity index (χ3v) is 6.65. The van der Waals surface area contributed by atoms with E-state index < -0.39 is 18.1 Å². The fourth-order valence-electron chi connectivity index (χ4n) is 4.14. The Kier molecular flexibility index (Phi) is 6.93. The van der Waals surface area contributed by atoms with E-state index in [0.717, 1.165) is 22.3 Å². The number of ether oxygens (including phenoxy) is 1. The molecule has 8 nitrogen and oxygen atoms in total. The maximum atomic E-state index is 12.4. The number of nitrogens with zero attached hydrogens (tertiary/aromatic N) is 1. The van der Waals surface area contributed by atoms with Crippen LogP contribution in [0.4, 0.5) is 4.79 Å². The number of carboxylic acid groups (broad SMARTS) is 1. The fraction of sp³-hybridized carbons (Fsp3) is 0.280. The van der Waals surface area contributed by atoms with Crippen LogP contribution in [0.1, 0.15) is 50.8 Å². The van der Waals surface area contributed by atoms with Gasteiger partial charge in [0.1, 0.15) is 11.6 Å². The summed E-state index contributed by atoms with van der Waals surface area (Å²) in [5, 5.41) is 15.0. The second-order valence-corrected chi connectivity index (χ2v) is 9.46. The SMILES string of the molecule is Cc1sc(CNC(=O)C[C@H](C)NC(=O)OCC2c3ccccc3-c3ccccc32)nc1C(=O)O. The van der Waals surface area contributed by atoms with Gasteiger partial charge >= 0.3 is 12.1 Å². The minimum atomic E-state index is -1.09. The van der Waals surface area contributed by atoms with E-state index in [-0.39, 0.29) is 37.1 Å². The van der Waals surface area contributed by atoms with Crippen LogP contribution in [0, 0.1) is 6.92 Å². The monoisotopic (exact) mass is 479 g/mol. The molecule has 3 aromatic rings. The quantitative estimate of drug-likeness (QED) is 0.448. The van der Waals surface area contributed by atoms with E-state index in [1.54, 1.807) is 13.8 Å². The lowest BCUT2D eigenvalue weighted by Crippen LogP contribution is -2.37. The highest BCUT2D eigenvalue weighted by Crippen LogP contribution is 2.44. The van der Waals surface area contributed by atoms with Crippen LogP contribution in [0.15, 0.2) is 48.5 Å². The highest BCUT2D eigenvalue weighted by Gasteiger charge is 2.29. The molecular weight excluding hydrogens is 454 g/mol. The Bertz CT molecular complexity index is 1190. The number of carbonyl (C=O) groups is 3. The molecule has 0 saturated heterocycles. The van der Waals surface area contributed by atoms with Crippen molar-refractivity contribution in [2.24, 2.45) is 0 Å². The average Bonchev–Trinajstić information content (AvgIpc) is 3.34. The Morgan fingerprint density at radius 2 is 1.71 bits per heavy atom. The first kappa shape index (κ1) is 23.4. The topological polar surface area (TPSA) is 118 Å². The Morgan fingerprint density at radius 3 is 2.29 bits per heavy atom. The molecule has 0 aliphatic heterocycles. The van der Waals surface area contributed by atoms with Gasteiger partial charge in [-0.05, 0) is 36.1 Å². The first-order valence-electron chi connectivity index (χ1n) is 10.9. The van der Waals surface area contributed by atoms with Crippen molar-refractivity contribution in [3.63, 3.8) is 0 Å². The molecule has 9 heteroatoms. The summed E-state index contributed by atoms with van der Waals surface area (Å²) in [5.41, 5.74) is 4.57. The van der Waals surface area contributed by atoms with Crippen LogP contribution in [0.25, 0.3) is 11.1 Å². The predicted molar refractivity (Wildman–Crippen MR) is 128 cm³/mol. The molecule has 0 spiro atoms. The average molecular weight is 480 g/mol. The Labute approximate surface area is 201 Å². The number of amides is 2. The molecule has 1 aliphatic rings. The van der Waals surface area contributed by atoms with Crippen LogP contribution in [0.3, 0.4) is 0 Å². The van der Waals surface area contributed by atoms with Crippen molar-refractivity contribution < 1.29 is 24.2 Å². The number of benzene rings is 2. The second kappa shape index (κ2) is 10.0. The van der Waals surface area contributed by atoms with Gasteiger partial charge in [0.15, 0.2) is 5.69 Å². The van der Waals surface area contributed by atoms with Crippen LogP contribution < -0.4 is 10.6 Å². The Morgan fingerprint density at radius 1 is 1.09 bits per heavy atom. The number of aryl methyl sites for hydroxylation is 1. The summed E-state index contributed by atoms with van der Waals surface area (Å²) in [6.07, 6.45) is -0.524. The highest BCUT2D eigenvalue weighted by molar-refractivity contribution is 7.11. The predicted octanol–water partition coefficient (Wildman–Crippen LogP) is 4.08. The normalized spacial score (nSPS) is 13.0. The number of hydrogen-bond acceptors (Lipinski definition) is 6. The third kappa shape index (κ3) is 5.09. The molecule has 1 atom stereocenters. The summed E-state index contributed by atoms with van der Waals surface area (Å²) >= 11 is 1.23. The van der Waals surface area contributed by atoms with E-state index >= 15 is 0 Å². The number of nitrogens with one attached hydrogen (secondary N) is 2. The number of hydrogen-bond donors (Lipinski definition) is 3. The largest absolute Gasteiger partial charge is 0.476 e. The summed E-state index contributed by atoms with van der Waals surface area (Å²) in [5.74, 6) is -1.40.